The van der Waals surface area contributed by atoms with Gasteiger partial charge in [-0.1, -0.05) is 43.5 Å². The van der Waals surface area contributed by atoms with Gasteiger partial charge in [0.05, 0.1) is 0 Å². The van der Waals surface area contributed by atoms with Gasteiger partial charge in [0.25, 0.3) is 0 Å². The van der Waals surface area contributed by atoms with Crippen LogP contribution in [0.15, 0.2) is 18.2 Å². The number of likely N-dealkylation sites (N-methyl/N-ethyl adjacent to an activating group) is 1. The van der Waals surface area contributed by atoms with Crippen LogP contribution in [0.1, 0.15) is 26.7 Å². The molecule has 1 aromatic rings. The summed E-state index contributed by atoms with van der Waals surface area (Å²) in [5, 5.41) is 4.50. The molecule has 1 atom stereocenters. The quantitative estimate of drug-likeness (QED) is 0.807. The van der Waals surface area contributed by atoms with E-state index in [0.717, 1.165) is 31.7 Å². The molecule has 4 heteroatoms. The Balaban J connectivity index is 2.63. The Morgan fingerprint density at radius 2 is 1.82 bits per heavy atom. The summed E-state index contributed by atoms with van der Waals surface area (Å²) in [5.74, 6) is 0.735. The minimum atomic E-state index is 0.162. The van der Waals surface area contributed by atoms with Crippen LogP contribution in [0.5, 0.6) is 5.75 Å². The zero-order valence-electron chi connectivity index (χ0n) is 10.3. The number of halogens is 2. The second-order valence-electron chi connectivity index (χ2n) is 3.94. The fourth-order valence-electron chi connectivity index (χ4n) is 1.62. The van der Waals surface area contributed by atoms with Gasteiger partial charge in [-0.3, -0.25) is 0 Å². The number of nitrogens with one attached hydrogen (secondary N) is 1. The molecule has 1 aromatic carbocycles. The Morgan fingerprint density at radius 1 is 1.18 bits per heavy atom. The molecule has 0 aliphatic rings. The maximum Gasteiger partial charge on any atom is 0.122 e. The van der Waals surface area contributed by atoms with Gasteiger partial charge in [-0.15, -0.1) is 0 Å². The fourth-order valence-corrected chi connectivity index (χ4v) is 2.12. The van der Waals surface area contributed by atoms with E-state index in [1.165, 1.54) is 0 Å². The summed E-state index contributed by atoms with van der Waals surface area (Å²) in [5.41, 5.74) is 0. The molecule has 0 bridgehead atoms. The van der Waals surface area contributed by atoms with E-state index in [4.69, 9.17) is 27.9 Å². The van der Waals surface area contributed by atoms with Crippen LogP contribution in [0.3, 0.4) is 0 Å². The second-order valence-corrected chi connectivity index (χ2v) is 4.81. The standard InChI is InChI=1S/C13H19Cl2NO/c1-3-5-12(9-16-4-2)17-13-7-10(14)6-11(15)8-13/h6-8,12,16H,3-5,9H2,1-2H3. The highest BCUT2D eigenvalue weighted by Gasteiger charge is 2.09. The summed E-state index contributed by atoms with van der Waals surface area (Å²) in [4.78, 5) is 0. The Bertz CT molecular complexity index is 324. The third kappa shape index (κ3) is 5.62. The summed E-state index contributed by atoms with van der Waals surface area (Å²) < 4.78 is 5.89. The van der Waals surface area contributed by atoms with Gasteiger partial charge in [0, 0.05) is 16.6 Å². The summed E-state index contributed by atoms with van der Waals surface area (Å²) in [7, 11) is 0. The van der Waals surface area contributed by atoms with Crippen LogP contribution in [0, 0.1) is 0 Å². The van der Waals surface area contributed by atoms with Crippen molar-refractivity contribution in [2.45, 2.75) is 32.8 Å². The van der Waals surface area contributed by atoms with E-state index in [0.29, 0.717) is 10.0 Å². The number of rotatable bonds is 7. The highest BCUT2D eigenvalue weighted by atomic mass is 35.5. The van der Waals surface area contributed by atoms with Gasteiger partial charge in [-0.25, -0.2) is 0 Å². The molecule has 0 fully saturated rings. The van der Waals surface area contributed by atoms with Crippen molar-refractivity contribution in [2.24, 2.45) is 0 Å². The van der Waals surface area contributed by atoms with Gasteiger partial charge >= 0.3 is 0 Å². The van der Waals surface area contributed by atoms with E-state index in [1.54, 1.807) is 18.2 Å². The van der Waals surface area contributed by atoms with Crippen molar-refractivity contribution >= 4 is 23.2 Å². The van der Waals surface area contributed by atoms with Crippen LogP contribution in [0.25, 0.3) is 0 Å². The molecule has 0 heterocycles. The van der Waals surface area contributed by atoms with Crippen molar-refractivity contribution in [2.75, 3.05) is 13.1 Å². The SMILES string of the molecule is CCCC(CNCC)Oc1cc(Cl)cc(Cl)c1. The average molecular weight is 276 g/mol. The first-order valence-electron chi connectivity index (χ1n) is 5.99. The van der Waals surface area contributed by atoms with E-state index in [1.807, 2.05) is 0 Å². The molecule has 17 heavy (non-hydrogen) atoms. The van der Waals surface area contributed by atoms with Crippen LogP contribution in [-0.4, -0.2) is 19.2 Å². The summed E-state index contributed by atoms with van der Waals surface area (Å²) in [6, 6.07) is 5.29. The Kier molecular flexibility index (Phi) is 6.71. The molecule has 1 N–H and O–H groups in total. The zero-order chi connectivity index (χ0) is 12.7. The van der Waals surface area contributed by atoms with Crippen molar-refractivity contribution < 1.29 is 4.74 Å². The van der Waals surface area contributed by atoms with Gasteiger partial charge in [-0.2, -0.15) is 0 Å². The molecule has 0 radical (unpaired) electrons. The third-order valence-corrected chi connectivity index (χ3v) is 2.81. The normalized spacial score (nSPS) is 12.5. The maximum atomic E-state index is 5.93. The minimum Gasteiger partial charge on any atom is -0.489 e. The van der Waals surface area contributed by atoms with E-state index < -0.39 is 0 Å². The van der Waals surface area contributed by atoms with Crippen LogP contribution >= 0.6 is 23.2 Å². The summed E-state index contributed by atoms with van der Waals surface area (Å²) in [6.45, 7) is 6.01. The van der Waals surface area contributed by atoms with E-state index >= 15 is 0 Å². The lowest BCUT2D eigenvalue weighted by molar-refractivity contribution is 0.187. The largest absolute Gasteiger partial charge is 0.489 e. The second kappa shape index (κ2) is 7.80. The van der Waals surface area contributed by atoms with Gasteiger partial charge in [0.15, 0.2) is 0 Å². The Labute approximate surface area is 113 Å². The number of hydrogen-bond donors (Lipinski definition) is 1. The van der Waals surface area contributed by atoms with Gasteiger partial charge < -0.3 is 10.1 Å². The van der Waals surface area contributed by atoms with Crippen LogP contribution in [0.4, 0.5) is 0 Å². The van der Waals surface area contributed by atoms with Crippen molar-refractivity contribution in [3.8, 4) is 5.75 Å². The first kappa shape index (κ1) is 14.6. The van der Waals surface area contributed by atoms with E-state index in [9.17, 15) is 0 Å². The minimum absolute atomic E-state index is 0.162. The Hall–Kier alpha value is -0.440. The highest BCUT2D eigenvalue weighted by Crippen LogP contribution is 2.25. The first-order chi connectivity index (χ1) is 8.15. The molecule has 0 aliphatic heterocycles. The van der Waals surface area contributed by atoms with E-state index in [2.05, 4.69) is 19.2 Å². The highest BCUT2D eigenvalue weighted by molar-refractivity contribution is 6.34. The molecule has 0 amide bonds. The number of benzene rings is 1. The lowest BCUT2D eigenvalue weighted by atomic mass is 10.2. The molecule has 0 aromatic heterocycles. The molecule has 2 nitrogen and oxygen atoms in total. The van der Waals surface area contributed by atoms with Crippen LogP contribution in [0.2, 0.25) is 10.0 Å². The molecular weight excluding hydrogens is 257 g/mol. The van der Waals surface area contributed by atoms with Crippen molar-refractivity contribution in [1.82, 2.24) is 5.32 Å². The topological polar surface area (TPSA) is 21.3 Å². The monoisotopic (exact) mass is 275 g/mol. The summed E-state index contributed by atoms with van der Waals surface area (Å²) >= 11 is 11.9. The average Bonchev–Trinajstić information content (AvgIpc) is 2.24. The lowest BCUT2D eigenvalue weighted by Gasteiger charge is -2.19. The van der Waals surface area contributed by atoms with Crippen LogP contribution in [-0.2, 0) is 0 Å². The van der Waals surface area contributed by atoms with Crippen LogP contribution < -0.4 is 10.1 Å². The molecule has 0 saturated heterocycles. The fraction of sp³-hybridized carbons (Fsp3) is 0.538. The predicted octanol–water partition coefficient (Wildman–Crippen LogP) is 4.15. The smallest absolute Gasteiger partial charge is 0.122 e. The number of hydrogen-bond acceptors (Lipinski definition) is 2. The van der Waals surface area contributed by atoms with Gasteiger partial charge in [-0.05, 0) is 31.2 Å². The maximum absolute atomic E-state index is 5.93. The predicted molar refractivity (Wildman–Crippen MR) is 74.3 cm³/mol. The molecule has 1 rings (SSSR count). The molecule has 0 aliphatic carbocycles. The molecule has 96 valence electrons. The van der Waals surface area contributed by atoms with Crippen molar-refractivity contribution in [3.05, 3.63) is 28.2 Å². The van der Waals surface area contributed by atoms with Crippen molar-refractivity contribution in [3.63, 3.8) is 0 Å². The number of ether oxygens (including phenoxy) is 1. The summed E-state index contributed by atoms with van der Waals surface area (Å²) in [6.07, 6.45) is 2.26. The first-order valence-corrected chi connectivity index (χ1v) is 6.74. The molecule has 0 saturated carbocycles. The van der Waals surface area contributed by atoms with Crippen molar-refractivity contribution in [1.29, 1.82) is 0 Å². The Morgan fingerprint density at radius 3 is 2.35 bits per heavy atom. The molecular formula is C13H19Cl2NO. The molecule has 0 spiro atoms. The van der Waals surface area contributed by atoms with Gasteiger partial charge in [0.2, 0.25) is 0 Å². The zero-order valence-corrected chi connectivity index (χ0v) is 11.8. The lowest BCUT2D eigenvalue weighted by Crippen LogP contribution is -2.31. The van der Waals surface area contributed by atoms with E-state index in [-0.39, 0.29) is 6.10 Å². The molecule has 1 unspecified atom stereocenters. The third-order valence-electron chi connectivity index (χ3n) is 2.37. The van der Waals surface area contributed by atoms with Gasteiger partial charge in [0.1, 0.15) is 11.9 Å².